The average molecular weight is 373 g/mol. The minimum atomic E-state index is -0.212. The highest BCUT2D eigenvalue weighted by molar-refractivity contribution is 5.94. The maximum atomic E-state index is 13.1. The maximum Gasteiger partial charge on any atom is 0.159 e. The Bertz CT molecular complexity index is 577. The van der Waals surface area contributed by atoms with Crippen LogP contribution in [0.2, 0.25) is 0 Å². The molecule has 0 heterocycles. The van der Waals surface area contributed by atoms with E-state index in [0.717, 1.165) is 42.9 Å². The van der Waals surface area contributed by atoms with Gasteiger partial charge >= 0.3 is 0 Å². The van der Waals surface area contributed by atoms with Crippen LogP contribution in [0, 0.1) is 47.3 Å². The summed E-state index contributed by atoms with van der Waals surface area (Å²) in [6.07, 6.45) is 13.9. The molecule has 4 rings (SSSR count). The quantitative estimate of drug-likeness (QED) is 0.663. The largest absolute Gasteiger partial charge is 0.393 e. The van der Waals surface area contributed by atoms with Crippen molar-refractivity contribution in [3.05, 3.63) is 11.6 Å². The third kappa shape index (κ3) is 3.80. The molecule has 27 heavy (non-hydrogen) atoms. The summed E-state index contributed by atoms with van der Waals surface area (Å²) >= 11 is 0. The van der Waals surface area contributed by atoms with Gasteiger partial charge in [-0.1, -0.05) is 45.6 Å². The third-order valence-electron chi connectivity index (χ3n) is 8.79. The van der Waals surface area contributed by atoms with Gasteiger partial charge in [0.05, 0.1) is 6.10 Å². The molecule has 3 saturated carbocycles. The molecule has 0 spiro atoms. The van der Waals surface area contributed by atoms with Crippen molar-refractivity contribution in [2.45, 2.75) is 91.1 Å². The first kappa shape index (κ1) is 19.7. The number of carbonyl (C=O) groups excluding carboxylic acids is 1. The topological polar surface area (TPSA) is 37.3 Å². The SMILES string of the molecule is CC(C)CCCC(C)C1CCC2C1CCC1C3CCC(O)CC3=CC(=O)C12. The van der Waals surface area contributed by atoms with Crippen molar-refractivity contribution in [1.82, 2.24) is 0 Å². The lowest BCUT2D eigenvalue weighted by atomic mass is 9.55. The van der Waals surface area contributed by atoms with Gasteiger partial charge in [0.15, 0.2) is 5.78 Å². The van der Waals surface area contributed by atoms with E-state index >= 15 is 0 Å². The van der Waals surface area contributed by atoms with E-state index in [1.165, 1.54) is 50.5 Å². The Morgan fingerprint density at radius 2 is 1.70 bits per heavy atom. The van der Waals surface area contributed by atoms with Crippen LogP contribution >= 0.6 is 0 Å². The van der Waals surface area contributed by atoms with Gasteiger partial charge in [-0.3, -0.25) is 4.79 Å². The summed E-state index contributed by atoms with van der Waals surface area (Å²) in [5.74, 6) is 5.86. The number of hydrogen-bond donors (Lipinski definition) is 1. The van der Waals surface area contributed by atoms with Crippen molar-refractivity contribution >= 4 is 5.78 Å². The molecule has 4 aliphatic rings. The van der Waals surface area contributed by atoms with Gasteiger partial charge in [-0.15, -0.1) is 0 Å². The molecule has 8 unspecified atom stereocenters. The molecule has 2 heteroatoms. The highest BCUT2D eigenvalue weighted by Crippen LogP contribution is 2.58. The van der Waals surface area contributed by atoms with Crippen molar-refractivity contribution in [2.24, 2.45) is 47.3 Å². The summed E-state index contributed by atoms with van der Waals surface area (Å²) in [5.41, 5.74) is 1.29. The molecular weight excluding hydrogens is 332 g/mol. The molecule has 0 radical (unpaired) electrons. The van der Waals surface area contributed by atoms with Crippen molar-refractivity contribution in [1.29, 1.82) is 0 Å². The van der Waals surface area contributed by atoms with E-state index in [1.807, 2.05) is 6.08 Å². The predicted octanol–water partition coefficient (Wildman–Crippen LogP) is 5.79. The first-order valence-electron chi connectivity index (χ1n) is 11.9. The van der Waals surface area contributed by atoms with E-state index in [2.05, 4.69) is 20.8 Å². The summed E-state index contributed by atoms with van der Waals surface area (Å²) < 4.78 is 0. The first-order valence-corrected chi connectivity index (χ1v) is 11.9. The minimum Gasteiger partial charge on any atom is -0.393 e. The Morgan fingerprint density at radius 1 is 0.963 bits per heavy atom. The van der Waals surface area contributed by atoms with Crippen LogP contribution in [0.1, 0.15) is 85.0 Å². The normalized spacial score (nSPS) is 42.3. The second-order valence-electron chi connectivity index (χ2n) is 10.8. The first-order chi connectivity index (χ1) is 13.0. The molecule has 1 N–H and O–H groups in total. The van der Waals surface area contributed by atoms with Gasteiger partial charge in [0.1, 0.15) is 0 Å². The molecule has 0 bridgehead atoms. The summed E-state index contributed by atoms with van der Waals surface area (Å²) in [4.78, 5) is 13.1. The molecule has 0 aromatic carbocycles. The van der Waals surface area contributed by atoms with Gasteiger partial charge in [0, 0.05) is 5.92 Å². The van der Waals surface area contributed by atoms with Crippen LogP contribution in [0.15, 0.2) is 11.6 Å². The van der Waals surface area contributed by atoms with Crippen molar-refractivity contribution in [3.63, 3.8) is 0 Å². The van der Waals surface area contributed by atoms with Crippen molar-refractivity contribution in [3.8, 4) is 0 Å². The number of allylic oxidation sites excluding steroid dienone is 1. The van der Waals surface area contributed by atoms with Crippen molar-refractivity contribution in [2.75, 3.05) is 0 Å². The molecule has 0 aromatic rings. The zero-order valence-electron chi connectivity index (χ0n) is 17.7. The molecule has 0 aromatic heterocycles. The number of aliphatic hydroxyl groups excluding tert-OH is 1. The molecule has 2 nitrogen and oxygen atoms in total. The fourth-order valence-corrected chi connectivity index (χ4v) is 7.55. The molecule has 0 aliphatic heterocycles. The Kier molecular flexibility index (Phi) is 5.84. The standard InChI is InChI=1S/C25H40O2/c1-15(2)5-4-6-16(3)19-9-11-23-21(19)10-12-22-20-8-7-18(26)13-17(20)14-24(27)25(22)23/h14-16,18-23,25-26H,4-13H2,1-3H3. The Morgan fingerprint density at radius 3 is 2.48 bits per heavy atom. The summed E-state index contributed by atoms with van der Waals surface area (Å²) in [7, 11) is 0. The highest BCUT2D eigenvalue weighted by atomic mass is 16.3. The Labute approximate surface area is 166 Å². The molecule has 0 amide bonds. The monoisotopic (exact) mass is 372 g/mol. The van der Waals surface area contributed by atoms with E-state index in [1.54, 1.807) is 0 Å². The second-order valence-corrected chi connectivity index (χ2v) is 10.8. The van der Waals surface area contributed by atoms with Crippen LogP contribution in [0.5, 0.6) is 0 Å². The van der Waals surface area contributed by atoms with Gasteiger partial charge in [-0.25, -0.2) is 0 Å². The zero-order valence-corrected chi connectivity index (χ0v) is 17.7. The highest BCUT2D eigenvalue weighted by Gasteiger charge is 2.53. The predicted molar refractivity (Wildman–Crippen MR) is 110 cm³/mol. The molecule has 152 valence electrons. The Balaban J connectivity index is 1.45. The Hall–Kier alpha value is -0.630. The van der Waals surface area contributed by atoms with Gasteiger partial charge in [0.25, 0.3) is 0 Å². The van der Waals surface area contributed by atoms with Gasteiger partial charge < -0.3 is 5.11 Å². The van der Waals surface area contributed by atoms with E-state index in [9.17, 15) is 9.90 Å². The van der Waals surface area contributed by atoms with Gasteiger partial charge in [-0.05, 0) is 92.4 Å². The van der Waals surface area contributed by atoms with Gasteiger partial charge in [-0.2, -0.15) is 0 Å². The molecule has 0 saturated heterocycles. The molecular formula is C25H40O2. The van der Waals surface area contributed by atoms with Crippen LogP contribution < -0.4 is 0 Å². The minimum absolute atomic E-state index is 0.212. The van der Waals surface area contributed by atoms with Crippen LogP contribution in [-0.4, -0.2) is 17.0 Å². The van der Waals surface area contributed by atoms with Crippen molar-refractivity contribution < 1.29 is 9.90 Å². The fraction of sp³-hybridized carbons (Fsp3) is 0.880. The number of ketones is 1. The van der Waals surface area contributed by atoms with Crippen LogP contribution in [0.25, 0.3) is 0 Å². The lowest BCUT2D eigenvalue weighted by Gasteiger charge is -2.49. The molecule has 4 aliphatic carbocycles. The molecule has 3 fully saturated rings. The van der Waals surface area contributed by atoms with E-state index < -0.39 is 0 Å². The zero-order chi connectivity index (χ0) is 19.1. The lowest BCUT2D eigenvalue weighted by molar-refractivity contribution is -0.127. The van der Waals surface area contributed by atoms with Crippen LogP contribution in [0.4, 0.5) is 0 Å². The molecule has 8 atom stereocenters. The van der Waals surface area contributed by atoms with Gasteiger partial charge in [0.2, 0.25) is 0 Å². The third-order valence-corrected chi connectivity index (χ3v) is 8.79. The number of hydrogen-bond acceptors (Lipinski definition) is 2. The smallest absolute Gasteiger partial charge is 0.159 e. The number of aliphatic hydroxyl groups is 1. The summed E-state index contributed by atoms with van der Waals surface area (Å²) in [5, 5.41) is 10.0. The number of rotatable bonds is 5. The van der Waals surface area contributed by atoms with E-state index in [0.29, 0.717) is 29.5 Å². The number of fused-ring (bicyclic) bond motifs is 5. The van der Waals surface area contributed by atoms with Crippen LogP contribution in [0.3, 0.4) is 0 Å². The average Bonchev–Trinajstić information content (AvgIpc) is 3.04. The van der Waals surface area contributed by atoms with Crippen LogP contribution in [-0.2, 0) is 4.79 Å². The fourth-order valence-electron chi connectivity index (χ4n) is 7.55. The lowest BCUT2D eigenvalue weighted by Crippen LogP contribution is -2.46. The summed E-state index contributed by atoms with van der Waals surface area (Å²) in [6, 6.07) is 0. The summed E-state index contributed by atoms with van der Waals surface area (Å²) in [6.45, 7) is 7.15. The van der Waals surface area contributed by atoms with E-state index in [-0.39, 0.29) is 6.10 Å². The number of carbonyl (C=O) groups is 1. The van der Waals surface area contributed by atoms with E-state index in [4.69, 9.17) is 0 Å². The second kappa shape index (κ2) is 8.01. The maximum absolute atomic E-state index is 13.1.